The van der Waals surface area contributed by atoms with E-state index in [2.05, 4.69) is 30.9 Å². The van der Waals surface area contributed by atoms with Gasteiger partial charge >= 0.3 is 6.18 Å². The minimum atomic E-state index is -4.39. The Morgan fingerprint density at radius 3 is 2.59 bits per heavy atom. The van der Waals surface area contributed by atoms with Crippen LogP contribution >= 0.6 is 15.9 Å². The minimum Gasteiger partial charge on any atom is -0.331 e. The van der Waals surface area contributed by atoms with Crippen molar-refractivity contribution in [2.75, 3.05) is 0 Å². The van der Waals surface area contributed by atoms with Crippen LogP contribution in [0.25, 0.3) is 10.9 Å². The first-order chi connectivity index (χ1) is 12.6. The topological polar surface area (TPSA) is 43.1 Å². The third-order valence-electron chi connectivity index (χ3n) is 4.65. The van der Waals surface area contributed by atoms with Crippen molar-refractivity contribution >= 4 is 26.8 Å². The zero-order valence-electron chi connectivity index (χ0n) is 15.3. The number of aryl methyl sites for hydroxylation is 2. The SMILES string of the molecule is Cc1c([C@@H](C)/N=c2\nc(C)n(C)c3cnc(Br)cc23)cccc1C(F)(F)F. The summed E-state index contributed by atoms with van der Waals surface area (Å²) in [6.07, 6.45) is -2.67. The second-order valence-corrected chi connectivity index (χ2v) is 7.20. The standard InChI is InChI=1S/C19H18BrF3N4/c1-10-13(6-5-7-15(10)19(21,22)23)11(2)25-18-14-8-17(20)24-9-16(14)27(4)12(3)26-18/h5-9,11H,1-4H3/b25-18-/t11-/m1/s1. The molecule has 0 unspecified atom stereocenters. The highest BCUT2D eigenvalue weighted by Crippen LogP contribution is 2.35. The maximum Gasteiger partial charge on any atom is 0.416 e. The molecule has 0 spiro atoms. The smallest absolute Gasteiger partial charge is 0.331 e. The van der Waals surface area contributed by atoms with Gasteiger partial charge in [-0.1, -0.05) is 12.1 Å². The summed E-state index contributed by atoms with van der Waals surface area (Å²) in [7, 11) is 1.88. The molecule has 142 valence electrons. The quantitative estimate of drug-likeness (QED) is 0.526. The van der Waals surface area contributed by atoms with E-state index in [1.807, 2.05) is 24.6 Å². The lowest BCUT2D eigenvalue weighted by molar-refractivity contribution is -0.138. The van der Waals surface area contributed by atoms with Crippen molar-refractivity contribution in [3.8, 4) is 0 Å². The maximum atomic E-state index is 13.2. The van der Waals surface area contributed by atoms with Gasteiger partial charge in [-0.3, -0.25) is 4.99 Å². The Morgan fingerprint density at radius 1 is 1.22 bits per heavy atom. The van der Waals surface area contributed by atoms with E-state index in [9.17, 15) is 13.2 Å². The zero-order valence-corrected chi connectivity index (χ0v) is 16.9. The van der Waals surface area contributed by atoms with Gasteiger partial charge in [0.2, 0.25) is 0 Å². The molecule has 2 heterocycles. The first-order valence-electron chi connectivity index (χ1n) is 8.29. The molecule has 0 N–H and O–H groups in total. The number of hydrogen-bond donors (Lipinski definition) is 0. The lowest BCUT2D eigenvalue weighted by Crippen LogP contribution is -2.18. The molecule has 0 aliphatic rings. The fraction of sp³-hybridized carbons (Fsp3) is 0.316. The van der Waals surface area contributed by atoms with E-state index >= 15 is 0 Å². The first-order valence-corrected chi connectivity index (χ1v) is 9.08. The van der Waals surface area contributed by atoms with E-state index in [4.69, 9.17) is 0 Å². The van der Waals surface area contributed by atoms with Crippen molar-refractivity contribution in [2.24, 2.45) is 12.0 Å². The third-order valence-corrected chi connectivity index (χ3v) is 5.09. The number of halogens is 4. The molecule has 0 radical (unpaired) electrons. The molecule has 8 heteroatoms. The number of hydrogen-bond acceptors (Lipinski definition) is 3. The molecule has 1 aromatic carbocycles. The van der Waals surface area contributed by atoms with E-state index in [0.717, 1.165) is 22.8 Å². The van der Waals surface area contributed by atoms with Gasteiger partial charge in [-0.05, 0) is 60.0 Å². The van der Waals surface area contributed by atoms with Gasteiger partial charge in [0.15, 0.2) is 5.49 Å². The summed E-state index contributed by atoms with van der Waals surface area (Å²) in [4.78, 5) is 13.4. The molecule has 0 saturated carbocycles. The Labute approximate surface area is 162 Å². The Bertz CT molecular complexity index is 1090. The van der Waals surface area contributed by atoms with E-state index in [-0.39, 0.29) is 5.56 Å². The van der Waals surface area contributed by atoms with Crippen LogP contribution in [-0.4, -0.2) is 14.5 Å². The van der Waals surface area contributed by atoms with Crippen LogP contribution in [-0.2, 0) is 13.2 Å². The van der Waals surface area contributed by atoms with E-state index in [0.29, 0.717) is 15.7 Å². The molecule has 0 amide bonds. The lowest BCUT2D eigenvalue weighted by Gasteiger charge is -2.16. The summed E-state index contributed by atoms with van der Waals surface area (Å²) < 4.78 is 42.2. The number of rotatable bonds is 2. The third kappa shape index (κ3) is 3.76. The molecule has 3 rings (SSSR count). The van der Waals surface area contributed by atoms with Gasteiger partial charge in [-0.15, -0.1) is 0 Å². The van der Waals surface area contributed by atoms with Crippen LogP contribution in [0.15, 0.2) is 40.1 Å². The number of fused-ring (bicyclic) bond motifs is 1. The Kier molecular flexibility index (Phi) is 5.12. The van der Waals surface area contributed by atoms with Crippen LogP contribution in [0.2, 0.25) is 0 Å². The molecule has 4 nitrogen and oxygen atoms in total. The van der Waals surface area contributed by atoms with Gasteiger partial charge in [-0.2, -0.15) is 13.2 Å². The molecular weight excluding hydrogens is 421 g/mol. The van der Waals surface area contributed by atoms with E-state index in [1.54, 1.807) is 19.2 Å². The van der Waals surface area contributed by atoms with Gasteiger partial charge in [0.25, 0.3) is 0 Å². The Balaban J connectivity index is 2.21. The van der Waals surface area contributed by atoms with Gasteiger partial charge in [0.05, 0.1) is 23.3 Å². The van der Waals surface area contributed by atoms with Crippen molar-refractivity contribution in [3.63, 3.8) is 0 Å². The summed E-state index contributed by atoms with van der Waals surface area (Å²) >= 11 is 3.35. The summed E-state index contributed by atoms with van der Waals surface area (Å²) in [5.74, 6) is 0.735. The largest absolute Gasteiger partial charge is 0.416 e. The predicted molar refractivity (Wildman–Crippen MR) is 101 cm³/mol. The Morgan fingerprint density at radius 2 is 1.93 bits per heavy atom. The van der Waals surface area contributed by atoms with Crippen molar-refractivity contribution < 1.29 is 13.2 Å². The van der Waals surface area contributed by atoms with Crippen LogP contribution < -0.4 is 5.49 Å². The molecule has 0 aliphatic heterocycles. The van der Waals surface area contributed by atoms with Gasteiger partial charge in [0.1, 0.15) is 10.4 Å². The molecule has 0 saturated heterocycles. The minimum absolute atomic E-state index is 0.187. The second-order valence-electron chi connectivity index (χ2n) is 6.39. The predicted octanol–water partition coefficient (Wildman–Crippen LogP) is 5.03. The number of alkyl halides is 3. The molecule has 0 fully saturated rings. The second kappa shape index (κ2) is 7.07. The van der Waals surface area contributed by atoms with Crippen molar-refractivity contribution in [2.45, 2.75) is 33.0 Å². The van der Waals surface area contributed by atoms with Crippen molar-refractivity contribution in [3.05, 3.63) is 63.1 Å². The highest BCUT2D eigenvalue weighted by Gasteiger charge is 2.33. The first kappa shape index (κ1) is 19.5. The maximum absolute atomic E-state index is 13.2. The number of aromatic nitrogens is 3. The number of pyridine rings is 1. The summed E-state index contributed by atoms with van der Waals surface area (Å²) in [6, 6.07) is 5.51. The molecule has 3 aromatic rings. The normalized spacial score (nSPS) is 14.0. The van der Waals surface area contributed by atoms with Crippen molar-refractivity contribution in [1.29, 1.82) is 0 Å². The average molecular weight is 439 g/mol. The van der Waals surface area contributed by atoms with E-state index in [1.165, 1.54) is 13.0 Å². The highest BCUT2D eigenvalue weighted by atomic mass is 79.9. The zero-order chi connectivity index (χ0) is 19.9. The average Bonchev–Trinajstić information content (AvgIpc) is 2.58. The van der Waals surface area contributed by atoms with Crippen LogP contribution in [0, 0.1) is 13.8 Å². The monoisotopic (exact) mass is 438 g/mol. The molecule has 27 heavy (non-hydrogen) atoms. The summed E-state index contributed by atoms with van der Waals surface area (Å²) in [5, 5.41) is 0.779. The number of nitrogens with zero attached hydrogens (tertiary/aromatic N) is 4. The highest BCUT2D eigenvalue weighted by molar-refractivity contribution is 9.10. The Hall–Kier alpha value is -2.22. The van der Waals surface area contributed by atoms with E-state index < -0.39 is 17.8 Å². The van der Waals surface area contributed by atoms with Crippen molar-refractivity contribution in [1.82, 2.24) is 14.5 Å². The van der Waals surface area contributed by atoms with Crippen LogP contribution in [0.1, 0.15) is 35.5 Å². The fourth-order valence-electron chi connectivity index (χ4n) is 3.10. The van der Waals surface area contributed by atoms with Crippen LogP contribution in [0.5, 0.6) is 0 Å². The van der Waals surface area contributed by atoms with Gasteiger partial charge < -0.3 is 4.57 Å². The van der Waals surface area contributed by atoms with Gasteiger partial charge in [-0.25, -0.2) is 9.97 Å². The summed E-state index contributed by atoms with van der Waals surface area (Å²) in [6.45, 7) is 5.10. The summed E-state index contributed by atoms with van der Waals surface area (Å²) in [5.41, 5.74) is 1.40. The van der Waals surface area contributed by atoms with Gasteiger partial charge in [0, 0.05) is 12.4 Å². The number of benzene rings is 1. The fourth-order valence-corrected chi connectivity index (χ4v) is 3.43. The molecule has 0 bridgehead atoms. The molecular formula is C19H18BrF3N4. The van der Waals surface area contributed by atoms with Crippen LogP contribution in [0.4, 0.5) is 13.2 Å². The van der Waals surface area contributed by atoms with Crippen LogP contribution in [0.3, 0.4) is 0 Å². The molecule has 2 aromatic heterocycles. The molecule has 0 aliphatic carbocycles. The lowest BCUT2D eigenvalue weighted by atomic mass is 9.97. The molecule has 1 atom stereocenters.